The summed E-state index contributed by atoms with van der Waals surface area (Å²) in [5.74, 6) is -0.0200. The summed E-state index contributed by atoms with van der Waals surface area (Å²) in [6.07, 6.45) is 0. The van der Waals surface area contributed by atoms with Crippen LogP contribution in [0.3, 0.4) is 0 Å². The highest BCUT2D eigenvalue weighted by Crippen LogP contribution is 2.34. The minimum Gasteiger partial charge on any atom is -0.392 e. The van der Waals surface area contributed by atoms with Crippen LogP contribution < -0.4 is 0 Å². The minimum atomic E-state index is -0.279. The first-order chi connectivity index (χ1) is 10.6. The summed E-state index contributed by atoms with van der Waals surface area (Å²) in [5.41, 5.74) is 4.36. The highest BCUT2D eigenvalue weighted by atomic mass is 19.1. The van der Waals surface area contributed by atoms with E-state index in [4.69, 9.17) is 4.98 Å². The van der Waals surface area contributed by atoms with Crippen LogP contribution in [-0.4, -0.2) is 10.1 Å². The van der Waals surface area contributed by atoms with Crippen molar-refractivity contribution in [1.29, 1.82) is 0 Å². The van der Waals surface area contributed by atoms with Crippen molar-refractivity contribution < 1.29 is 9.50 Å². The zero-order valence-corrected chi connectivity index (χ0v) is 12.7. The van der Waals surface area contributed by atoms with Crippen molar-refractivity contribution in [3.8, 4) is 11.3 Å². The fourth-order valence-corrected chi connectivity index (χ4v) is 2.94. The third-order valence-electron chi connectivity index (χ3n) is 3.89. The van der Waals surface area contributed by atoms with Crippen LogP contribution in [0.2, 0.25) is 0 Å². The summed E-state index contributed by atoms with van der Waals surface area (Å²) < 4.78 is 13.2. The SMILES string of the molecule is CC(C)c1c(CO)c(-c2ccc(F)cc2)nc2ccccc12. The number of benzene rings is 2. The molecule has 0 radical (unpaired) electrons. The van der Waals surface area contributed by atoms with Crippen LogP contribution in [0.5, 0.6) is 0 Å². The maximum atomic E-state index is 13.2. The molecule has 3 aromatic rings. The smallest absolute Gasteiger partial charge is 0.123 e. The zero-order valence-electron chi connectivity index (χ0n) is 12.7. The van der Waals surface area contributed by atoms with E-state index in [9.17, 15) is 9.50 Å². The number of hydrogen-bond donors (Lipinski definition) is 1. The first-order valence-corrected chi connectivity index (χ1v) is 7.40. The minimum absolute atomic E-state index is 0.0853. The second kappa shape index (κ2) is 5.85. The summed E-state index contributed by atoms with van der Waals surface area (Å²) in [7, 11) is 0. The van der Waals surface area contributed by atoms with E-state index >= 15 is 0 Å². The molecule has 2 aromatic carbocycles. The fraction of sp³-hybridized carbons (Fsp3) is 0.211. The van der Waals surface area contributed by atoms with Crippen LogP contribution in [0.4, 0.5) is 4.39 Å². The molecule has 0 aliphatic heterocycles. The van der Waals surface area contributed by atoms with Crippen LogP contribution >= 0.6 is 0 Å². The molecule has 0 saturated carbocycles. The Balaban J connectivity index is 2.36. The van der Waals surface area contributed by atoms with Crippen molar-refractivity contribution in [2.75, 3.05) is 0 Å². The van der Waals surface area contributed by atoms with E-state index in [2.05, 4.69) is 13.8 Å². The number of hydrogen-bond acceptors (Lipinski definition) is 2. The molecule has 1 aromatic heterocycles. The number of aliphatic hydroxyl groups excluding tert-OH is 1. The maximum absolute atomic E-state index is 13.2. The zero-order chi connectivity index (χ0) is 15.7. The largest absolute Gasteiger partial charge is 0.392 e. The molecule has 112 valence electrons. The van der Waals surface area contributed by atoms with Gasteiger partial charge in [-0.25, -0.2) is 9.37 Å². The third-order valence-corrected chi connectivity index (χ3v) is 3.89. The molecular formula is C19H18FNO. The first kappa shape index (κ1) is 14.7. The number of para-hydroxylation sites is 1. The third kappa shape index (κ3) is 2.48. The monoisotopic (exact) mass is 295 g/mol. The van der Waals surface area contributed by atoms with E-state index in [0.717, 1.165) is 33.3 Å². The fourth-order valence-electron chi connectivity index (χ4n) is 2.94. The molecule has 3 heteroatoms. The normalized spacial score (nSPS) is 11.3. The number of nitrogens with zero attached hydrogens (tertiary/aromatic N) is 1. The molecule has 2 nitrogen and oxygen atoms in total. The standard InChI is InChI=1S/C19H18FNO/c1-12(2)18-15-5-3-4-6-17(15)21-19(16(18)11-22)13-7-9-14(20)10-8-13/h3-10,12,22H,11H2,1-2H3. The molecule has 0 spiro atoms. The summed E-state index contributed by atoms with van der Waals surface area (Å²) in [6, 6.07) is 14.2. The Morgan fingerprint density at radius 3 is 2.36 bits per heavy atom. The van der Waals surface area contributed by atoms with Gasteiger partial charge in [0.1, 0.15) is 5.82 Å². The average molecular weight is 295 g/mol. The lowest BCUT2D eigenvalue weighted by Crippen LogP contribution is -2.03. The highest BCUT2D eigenvalue weighted by Gasteiger charge is 2.17. The Hall–Kier alpha value is -2.26. The molecule has 0 fully saturated rings. The second-order valence-corrected chi connectivity index (χ2v) is 5.69. The molecule has 22 heavy (non-hydrogen) atoms. The average Bonchev–Trinajstić information content (AvgIpc) is 2.53. The van der Waals surface area contributed by atoms with E-state index in [-0.39, 0.29) is 18.3 Å². The van der Waals surface area contributed by atoms with Crippen LogP contribution in [0, 0.1) is 5.82 Å². The summed E-state index contributed by atoms with van der Waals surface area (Å²) in [6.45, 7) is 4.13. The second-order valence-electron chi connectivity index (χ2n) is 5.69. The Bertz CT molecular complexity index is 810. The van der Waals surface area contributed by atoms with Gasteiger partial charge in [-0.15, -0.1) is 0 Å². The van der Waals surface area contributed by atoms with Gasteiger partial charge in [0.2, 0.25) is 0 Å². The number of fused-ring (bicyclic) bond motifs is 1. The van der Waals surface area contributed by atoms with Gasteiger partial charge < -0.3 is 5.11 Å². The summed E-state index contributed by atoms with van der Waals surface area (Å²) in [4.78, 5) is 4.71. The predicted molar refractivity (Wildman–Crippen MR) is 87.1 cm³/mol. The van der Waals surface area contributed by atoms with Crippen LogP contribution in [-0.2, 0) is 6.61 Å². The Morgan fingerprint density at radius 1 is 1.05 bits per heavy atom. The van der Waals surface area contributed by atoms with E-state index in [1.807, 2.05) is 24.3 Å². The molecule has 1 N–H and O–H groups in total. The summed E-state index contributed by atoms with van der Waals surface area (Å²) in [5, 5.41) is 11.0. The van der Waals surface area contributed by atoms with Crippen LogP contribution in [0.1, 0.15) is 30.9 Å². The molecule has 3 rings (SSSR count). The van der Waals surface area contributed by atoms with Gasteiger partial charge in [0, 0.05) is 16.5 Å². The number of halogens is 1. The van der Waals surface area contributed by atoms with Gasteiger partial charge >= 0.3 is 0 Å². The van der Waals surface area contributed by atoms with Crippen molar-refractivity contribution in [3.05, 3.63) is 65.5 Å². The van der Waals surface area contributed by atoms with Gasteiger partial charge in [0.05, 0.1) is 17.8 Å². The van der Waals surface area contributed by atoms with Crippen molar-refractivity contribution in [3.63, 3.8) is 0 Å². The van der Waals surface area contributed by atoms with Crippen molar-refractivity contribution in [2.24, 2.45) is 0 Å². The van der Waals surface area contributed by atoms with Crippen molar-refractivity contribution >= 4 is 10.9 Å². The molecule has 1 heterocycles. The molecule has 0 unspecified atom stereocenters. The summed E-state index contributed by atoms with van der Waals surface area (Å²) >= 11 is 0. The highest BCUT2D eigenvalue weighted by molar-refractivity contribution is 5.87. The lowest BCUT2D eigenvalue weighted by atomic mass is 9.90. The number of rotatable bonds is 3. The lowest BCUT2D eigenvalue weighted by molar-refractivity contribution is 0.280. The Labute approximate surface area is 129 Å². The topological polar surface area (TPSA) is 33.1 Å². The van der Waals surface area contributed by atoms with E-state index < -0.39 is 0 Å². The maximum Gasteiger partial charge on any atom is 0.123 e. The predicted octanol–water partition coefficient (Wildman–Crippen LogP) is 4.66. The molecule has 0 bridgehead atoms. The van der Waals surface area contributed by atoms with Gasteiger partial charge in [0.15, 0.2) is 0 Å². The number of aliphatic hydroxyl groups is 1. The van der Waals surface area contributed by atoms with Crippen LogP contribution in [0.15, 0.2) is 48.5 Å². The van der Waals surface area contributed by atoms with Gasteiger partial charge in [-0.2, -0.15) is 0 Å². The van der Waals surface area contributed by atoms with E-state index in [1.54, 1.807) is 12.1 Å². The molecule has 0 aliphatic carbocycles. The van der Waals surface area contributed by atoms with Crippen LogP contribution in [0.25, 0.3) is 22.2 Å². The molecule has 0 aliphatic rings. The first-order valence-electron chi connectivity index (χ1n) is 7.40. The number of pyridine rings is 1. The lowest BCUT2D eigenvalue weighted by Gasteiger charge is -2.18. The van der Waals surface area contributed by atoms with Gasteiger partial charge in [-0.05, 0) is 41.8 Å². The van der Waals surface area contributed by atoms with Crippen molar-refractivity contribution in [2.45, 2.75) is 26.4 Å². The van der Waals surface area contributed by atoms with Crippen molar-refractivity contribution in [1.82, 2.24) is 4.98 Å². The molecule has 0 amide bonds. The van der Waals surface area contributed by atoms with Gasteiger partial charge in [0.25, 0.3) is 0 Å². The molecule has 0 atom stereocenters. The van der Waals surface area contributed by atoms with Gasteiger partial charge in [-0.3, -0.25) is 0 Å². The molecular weight excluding hydrogens is 277 g/mol. The van der Waals surface area contributed by atoms with Gasteiger partial charge in [-0.1, -0.05) is 32.0 Å². The molecule has 0 saturated heterocycles. The Kier molecular flexibility index (Phi) is 3.90. The quantitative estimate of drug-likeness (QED) is 0.762. The van der Waals surface area contributed by atoms with E-state index in [0.29, 0.717) is 0 Å². The Morgan fingerprint density at radius 2 is 1.73 bits per heavy atom. The van der Waals surface area contributed by atoms with E-state index in [1.165, 1.54) is 12.1 Å². The number of aromatic nitrogens is 1.